The van der Waals surface area contributed by atoms with Crippen LogP contribution in [0.2, 0.25) is 0 Å². The molecule has 7 heteroatoms. The molecule has 0 bridgehead atoms. The zero-order chi connectivity index (χ0) is 15.5. The van der Waals surface area contributed by atoms with E-state index < -0.39 is 23.8 Å². The van der Waals surface area contributed by atoms with Crippen molar-refractivity contribution < 1.29 is 23.1 Å². The van der Waals surface area contributed by atoms with E-state index in [9.17, 15) is 18.0 Å². The molecule has 0 aliphatic carbocycles. The SMILES string of the molecule is CC(O)CCN(C)C(=O)c1cc(C(F)(F)F)ccc1Br. The number of hydrogen-bond donors (Lipinski definition) is 1. The summed E-state index contributed by atoms with van der Waals surface area (Å²) in [7, 11) is 1.48. The van der Waals surface area contributed by atoms with Crippen LogP contribution in [0.3, 0.4) is 0 Å². The van der Waals surface area contributed by atoms with Gasteiger partial charge in [-0.25, -0.2) is 0 Å². The molecule has 1 N–H and O–H groups in total. The number of aliphatic hydroxyl groups is 1. The van der Waals surface area contributed by atoms with Crippen LogP contribution in [0.1, 0.15) is 29.3 Å². The fraction of sp³-hybridized carbons (Fsp3) is 0.462. The van der Waals surface area contributed by atoms with E-state index in [1.807, 2.05) is 0 Å². The van der Waals surface area contributed by atoms with Crippen LogP contribution in [0.15, 0.2) is 22.7 Å². The lowest BCUT2D eigenvalue weighted by atomic mass is 10.1. The number of halogens is 4. The predicted molar refractivity (Wildman–Crippen MR) is 72.4 cm³/mol. The maximum Gasteiger partial charge on any atom is 0.416 e. The second-order valence-corrected chi connectivity index (χ2v) is 5.41. The summed E-state index contributed by atoms with van der Waals surface area (Å²) >= 11 is 3.08. The van der Waals surface area contributed by atoms with Crippen LogP contribution in [0.4, 0.5) is 13.2 Å². The minimum absolute atomic E-state index is 0.0482. The highest BCUT2D eigenvalue weighted by Gasteiger charge is 2.32. The smallest absolute Gasteiger partial charge is 0.393 e. The fourth-order valence-corrected chi connectivity index (χ4v) is 1.97. The molecule has 0 radical (unpaired) electrons. The van der Waals surface area contributed by atoms with Crippen molar-refractivity contribution >= 4 is 21.8 Å². The monoisotopic (exact) mass is 353 g/mol. The van der Waals surface area contributed by atoms with Crippen LogP contribution >= 0.6 is 15.9 Å². The van der Waals surface area contributed by atoms with Crippen molar-refractivity contribution in [1.29, 1.82) is 0 Å². The second-order valence-electron chi connectivity index (χ2n) is 4.56. The first-order chi connectivity index (χ1) is 9.12. The largest absolute Gasteiger partial charge is 0.416 e. The zero-order valence-electron chi connectivity index (χ0n) is 11.0. The first kappa shape index (κ1) is 17.0. The van der Waals surface area contributed by atoms with Crippen molar-refractivity contribution in [3.05, 3.63) is 33.8 Å². The Morgan fingerprint density at radius 3 is 2.55 bits per heavy atom. The molecule has 1 rings (SSSR count). The number of carbonyl (C=O) groups excluding carboxylic acids is 1. The van der Waals surface area contributed by atoms with Gasteiger partial charge in [0, 0.05) is 18.1 Å². The summed E-state index contributed by atoms with van der Waals surface area (Å²) in [5.41, 5.74) is -0.916. The third-order valence-corrected chi connectivity index (χ3v) is 3.44. The van der Waals surface area contributed by atoms with Crippen molar-refractivity contribution in [2.45, 2.75) is 25.6 Å². The number of aliphatic hydroxyl groups excluding tert-OH is 1. The lowest BCUT2D eigenvalue weighted by Crippen LogP contribution is -2.30. The molecule has 0 aliphatic heterocycles. The van der Waals surface area contributed by atoms with Gasteiger partial charge >= 0.3 is 6.18 Å². The minimum atomic E-state index is -4.49. The van der Waals surface area contributed by atoms with Gasteiger partial charge in [-0.05, 0) is 47.5 Å². The molecule has 1 aromatic rings. The average Bonchev–Trinajstić information content (AvgIpc) is 2.34. The molecule has 20 heavy (non-hydrogen) atoms. The Hall–Kier alpha value is -1.08. The van der Waals surface area contributed by atoms with E-state index in [1.165, 1.54) is 18.0 Å². The molecule has 0 fully saturated rings. The first-order valence-corrected chi connectivity index (χ1v) is 6.72. The first-order valence-electron chi connectivity index (χ1n) is 5.93. The van der Waals surface area contributed by atoms with E-state index in [4.69, 9.17) is 5.11 Å². The quantitative estimate of drug-likeness (QED) is 0.901. The molecule has 0 saturated carbocycles. The van der Waals surface area contributed by atoms with Crippen LogP contribution in [-0.2, 0) is 6.18 Å². The number of carbonyl (C=O) groups is 1. The van der Waals surface area contributed by atoms with E-state index >= 15 is 0 Å². The Morgan fingerprint density at radius 1 is 1.45 bits per heavy atom. The van der Waals surface area contributed by atoms with E-state index in [1.54, 1.807) is 6.92 Å². The lowest BCUT2D eigenvalue weighted by Gasteiger charge is -2.19. The van der Waals surface area contributed by atoms with E-state index in [0.717, 1.165) is 12.1 Å². The van der Waals surface area contributed by atoms with E-state index in [-0.39, 0.29) is 12.1 Å². The molecular formula is C13H15BrF3NO2. The van der Waals surface area contributed by atoms with Gasteiger partial charge in [-0.2, -0.15) is 13.2 Å². The third kappa shape index (κ3) is 4.49. The number of amides is 1. The molecule has 0 saturated heterocycles. The number of benzene rings is 1. The Labute approximate surface area is 123 Å². The topological polar surface area (TPSA) is 40.5 Å². The molecule has 1 aromatic carbocycles. The van der Waals surface area contributed by atoms with Gasteiger partial charge in [0.25, 0.3) is 5.91 Å². The molecule has 3 nitrogen and oxygen atoms in total. The third-order valence-electron chi connectivity index (χ3n) is 2.75. The molecular weight excluding hydrogens is 339 g/mol. The Morgan fingerprint density at radius 2 is 2.05 bits per heavy atom. The molecule has 1 unspecified atom stereocenters. The molecule has 0 aromatic heterocycles. The lowest BCUT2D eigenvalue weighted by molar-refractivity contribution is -0.137. The minimum Gasteiger partial charge on any atom is -0.393 e. The van der Waals surface area contributed by atoms with Crippen molar-refractivity contribution in [2.24, 2.45) is 0 Å². The number of nitrogens with zero attached hydrogens (tertiary/aromatic N) is 1. The fourth-order valence-electron chi connectivity index (χ4n) is 1.55. The Bertz CT molecular complexity index is 489. The predicted octanol–water partition coefficient (Wildman–Crippen LogP) is 3.31. The summed E-state index contributed by atoms with van der Waals surface area (Å²) in [5, 5.41) is 9.16. The molecule has 1 amide bonds. The average molecular weight is 354 g/mol. The summed E-state index contributed by atoms with van der Waals surface area (Å²) in [6, 6.07) is 2.94. The molecule has 0 spiro atoms. The summed E-state index contributed by atoms with van der Waals surface area (Å²) < 4.78 is 38.2. The molecule has 1 atom stereocenters. The molecule has 0 heterocycles. The Kier molecular flexibility index (Phi) is 5.59. The van der Waals surface area contributed by atoms with Crippen molar-refractivity contribution in [3.63, 3.8) is 0 Å². The van der Waals surface area contributed by atoms with Gasteiger partial charge in [-0.15, -0.1) is 0 Å². The van der Waals surface area contributed by atoms with Gasteiger partial charge in [-0.3, -0.25) is 4.79 Å². The normalized spacial score (nSPS) is 13.2. The summed E-state index contributed by atoms with van der Waals surface area (Å²) in [4.78, 5) is 13.4. The number of alkyl halides is 3. The van der Waals surface area contributed by atoms with Crippen LogP contribution in [0.25, 0.3) is 0 Å². The van der Waals surface area contributed by atoms with Gasteiger partial charge in [-0.1, -0.05) is 0 Å². The highest BCUT2D eigenvalue weighted by molar-refractivity contribution is 9.10. The van der Waals surface area contributed by atoms with Gasteiger partial charge in [0.1, 0.15) is 0 Å². The van der Waals surface area contributed by atoms with Crippen LogP contribution in [0, 0.1) is 0 Å². The van der Waals surface area contributed by atoms with Gasteiger partial charge in [0.15, 0.2) is 0 Å². The van der Waals surface area contributed by atoms with Crippen molar-refractivity contribution in [3.8, 4) is 0 Å². The highest BCUT2D eigenvalue weighted by atomic mass is 79.9. The van der Waals surface area contributed by atoms with Gasteiger partial charge < -0.3 is 10.0 Å². The molecule has 112 valence electrons. The Balaban J connectivity index is 2.97. The van der Waals surface area contributed by atoms with Crippen LogP contribution in [0.5, 0.6) is 0 Å². The van der Waals surface area contributed by atoms with Gasteiger partial charge in [0.2, 0.25) is 0 Å². The summed E-state index contributed by atoms with van der Waals surface area (Å²) in [6.07, 6.45) is -4.71. The number of hydrogen-bond acceptors (Lipinski definition) is 2. The zero-order valence-corrected chi connectivity index (χ0v) is 12.6. The summed E-state index contributed by atoms with van der Waals surface area (Å²) in [5.74, 6) is -0.524. The second kappa shape index (κ2) is 6.58. The maximum absolute atomic E-state index is 12.6. The van der Waals surface area contributed by atoms with E-state index in [2.05, 4.69) is 15.9 Å². The standard InChI is InChI=1S/C13H15BrF3NO2/c1-8(19)5-6-18(2)12(20)10-7-9(13(15,16)17)3-4-11(10)14/h3-4,7-8,19H,5-6H2,1-2H3. The summed E-state index contributed by atoms with van der Waals surface area (Å²) in [6.45, 7) is 1.84. The maximum atomic E-state index is 12.6. The van der Waals surface area contributed by atoms with Crippen LogP contribution in [-0.4, -0.2) is 35.6 Å². The van der Waals surface area contributed by atoms with E-state index in [0.29, 0.717) is 10.9 Å². The van der Waals surface area contributed by atoms with Crippen molar-refractivity contribution in [1.82, 2.24) is 4.90 Å². The van der Waals surface area contributed by atoms with Crippen molar-refractivity contribution in [2.75, 3.05) is 13.6 Å². The molecule has 0 aliphatic rings. The van der Waals surface area contributed by atoms with Crippen LogP contribution < -0.4 is 0 Å². The van der Waals surface area contributed by atoms with Gasteiger partial charge in [0.05, 0.1) is 17.2 Å². The number of rotatable bonds is 4. The highest BCUT2D eigenvalue weighted by Crippen LogP contribution is 2.32.